The smallest absolute Gasteiger partial charge is 0.261 e. The number of aromatic nitrogens is 2. The topological polar surface area (TPSA) is 61.2 Å². The van der Waals surface area contributed by atoms with Crippen LogP contribution in [0.25, 0.3) is 0 Å². The zero-order valence-corrected chi connectivity index (χ0v) is 13.1. The third-order valence-corrected chi connectivity index (χ3v) is 4.20. The van der Waals surface area contributed by atoms with E-state index in [9.17, 15) is 12.8 Å². The van der Waals surface area contributed by atoms with Crippen molar-refractivity contribution in [1.29, 1.82) is 0 Å². The van der Waals surface area contributed by atoms with E-state index in [-0.39, 0.29) is 17.3 Å². The van der Waals surface area contributed by atoms with Crippen LogP contribution in [0.4, 0.5) is 4.39 Å². The van der Waals surface area contributed by atoms with Crippen LogP contribution < -0.4 is 4.74 Å². The number of halogens is 2. The molecular formula is C13H14ClFN2O3S. The van der Waals surface area contributed by atoms with Crippen LogP contribution in [0.1, 0.15) is 18.3 Å². The van der Waals surface area contributed by atoms with E-state index in [1.165, 1.54) is 12.1 Å². The van der Waals surface area contributed by atoms with Gasteiger partial charge in [-0.3, -0.25) is 4.68 Å². The molecule has 0 saturated heterocycles. The summed E-state index contributed by atoms with van der Waals surface area (Å²) in [6, 6.07) is 5.12. The van der Waals surface area contributed by atoms with Gasteiger partial charge in [0.2, 0.25) is 0 Å². The second kappa shape index (κ2) is 6.03. The maximum atomic E-state index is 13.8. The summed E-state index contributed by atoms with van der Waals surface area (Å²) in [5, 5.41) is 4.26. The lowest BCUT2D eigenvalue weighted by atomic mass is 10.3. The number of ether oxygens (including phenoxy) is 1. The fraction of sp³-hybridized carbons (Fsp3) is 0.308. The lowest BCUT2D eigenvalue weighted by Crippen LogP contribution is -2.07. The molecule has 2 aromatic rings. The third-order valence-electron chi connectivity index (χ3n) is 2.85. The Kier molecular flexibility index (Phi) is 4.53. The van der Waals surface area contributed by atoms with Crippen LogP contribution in [0.5, 0.6) is 5.75 Å². The van der Waals surface area contributed by atoms with Crippen molar-refractivity contribution in [3.05, 3.63) is 41.5 Å². The van der Waals surface area contributed by atoms with Crippen LogP contribution in [0.15, 0.2) is 29.2 Å². The van der Waals surface area contributed by atoms with Crippen molar-refractivity contribution in [2.75, 3.05) is 0 Å². The van der Waals surface area contributed by atoms with E-state index in [0.29, 0.717) is 6.54 Å². The highest BCUT2D eigenvalue weighted by Crippen LogP contribution is 2.24. The van der Waals surface area contributed by atoms with Crippen LogP contribution in [0.3, 0.4) is 0 Å². The van der Waals surface area contributed by atoms with E-state index >= 15 is 0 Å². The van der Waals surface area contributed by atoms with E-state index in [1.54, 1.807) is 4.68 Å². The Bertz CT molecular complexity index is 759. The van der Waals surface area contributed by atoms with Crippen molar-refractivity contribution in [2.24, 2.45) is 0 Å². The Morgan fingerprint density at radius 1 is 1.38 bits per heavy atom. The SMILES string of the molecule is CCn1nc(C)cc1COc1ccc(S(=O)(=O)Cl)cc1F. The first-order chi connectivity index (χ1) is 9.81. The molecule has 0 fully saturated rings. The van der Waals surface area contributed by atoms with Crippen molar-refractivity contribution >= 4 is 19.7 Å². The fourth-order valence-electron chi connectivity index (χ4n) is 1.89. The molecule has 0 spiro atoms. The number of hydrogen-bond acceptors (Lipinski definition) is 4. The molecule has 1 heterocycles. The molecule has 114 valence electrons. The Labute approximate surface area is 126 Å². The summed E-state index contributed by atoms with van der Waals surface area (Å²) in [6.07, 6.45) is 0. The first-order valence-corrected chi connectivity index (χ1v) is 8.52. The third kappa shape index (κ3) is 3.74. The number of nitrogens with zero attached hydrogens (tertiary/aromatic N) is 2. The minimum Gasteiger partial charge on any atom is -0.484 e. The van der Waals surface area contributed by atoms with Gasteiger partial charge in [-0.15, -0.1) is 0 Å². The molecule has 5 nitrogen and oxygen atoms in total. The van der Waals surface area contributed by atoms with E-state index in [2.05, 4.69) is 5.10 Å². The Balaban J connectivity index is 2.17. The van der Waals surface area contributed by atoms with Crippen LogP contribution in [-0.4, -0.2) is 18.2 Å². The second-order valence-corrected chi connectivity index (χ2v) is 6.98. The minimum atomic E-state index is -3.95. The maximum absolute atomic E-state index is 13.8. The van der Waals surface area contributed by atoms with Crippen LogP contribution in [-0.2, 0) is 22.2 Å². The van der Waals surface area contributed by atoms with Gasteiger partial charge in [-0.2, -0.15) is 5.10 Å². The average Bonchev–Trinajstić information content (AvgIpc) is 2.76. The Morgan fingerprint density at radius 2 is 2.10 bits per heavy atom. The molecule has 0 aliphatic heterocycles. The predicted molar refractivity (Wildman–Crippen MR) is 76.4 cm³/mol. The quantitative estimate of drug-likeness (QED) is 0.790. The molecule has 0 atom stereocenters. The summed E-state index contributed by atoms with van der Waals surface area (Å²) >= 11 is 0. The summed E-state index contributed by atoms with van der Waals surface area (Å²) in [4.78, 5) is -0.302. The number of benzene rings is 1. The number of hydrogen-bond donors (Lipinski definition) is 0. The lowest BCUT2D eigenvalue weighted by Gasteiger charge is -2.09. The first kappa shape index (κ1) is 15.8. The van der Waals surface area contributed by atoms with Gasteiger partial charge < -0.3 is 4.74 Å². The molecule has 1 aromatic carbocycles. The highest BCUT2D eigenvalue weighted by molar-refractivity contribution is 8.13. The van der Waals surface area contributed by atoms with Crippen molar-refractivity contribution in [3.63, 3.8) is 0 Å². The average molecular weight is 333 g/mol. The summed E-state index contributed by atoms with van der Waals surface area (Å²) in [5.41, 5.74) is 1.66. The van der Waals surface area contributed by atoms with Gasteiger partial charge in [0.25, 0.3) is 9.05 Å². The van der Waals surface area contributed by atoms with Gasteiger partial charge in [-0.25, -0.2) is 12.8 Å². The molecule has 8 heteroatoms. The maximum Gasteiger partial charge on any atom is 0.261 e. The molecule has 0 unspecified atom stereocenters. The zero-order valence-electron chi connectivity index (χ0n) is 11.5. The standard InChI is InChI=1S/C13H14ClFN2O3S/c1-3-17-10(6-9(2)16-17)8-20-13-5-4-11(7-12(13)15)21(14,18)19/h4-7H,3,8H2,1-2H3. The summed E-state index contributed by atoms with van der Waals surface area (Å²) in [5.74, 6) is -0.823. The van der Waals surface area contributed by atoms with Crippen molar-refractivity contribution < 1.29 is 17.5 Å². The van der Waals surface area contributed by atoms with Crippen LogP contribution in [0, 0.1) is 12.7 Å². The molecule has 0 amide bonds. The molecular weight excluding hydrogens is 319 g/mol. The molecule has 0 aliphatic rings. The van der Waals surface area contributed by atoms with Gasteiger partial charge in [0, 0.05) is 17.2 Å². The van der Waals surface area contributed by atoms with Gasteiger partial charge >= 0.3 is 0 Å². The molecule has 0 radical (unpaired) electrons. The van der Waals surface area contributed by atoms with E-state index in [4.69, 9.17) is 15.4 Å². The monoisotopic (exact) mass is 332 g/mol. The normalized spacial score (nSPS) is 11.6. The lowest BCUT2D eigenvalue weighted by molar-refractivity contribution is 0.278. The Morgan fingerprint density at radius 3 is 2.67 bits per heavy atom. The largest absolute Gasteiger partial charge is 0.484 e. The predicted octanol–water partition coefficient (Wildman–Crippen LogP) is 2.86. The zero-order chi connectivity index (χ0) is 15.6. The van der Waals surface area contributed by atoms with Crippen molar-refractivity contribution in [1.82, 2.24) is 9.78 Å². The van der Waals surface area contributed by atoms with Crippen LogP contribution in [0.2, 0.25) is 0 Å². The molecule has 0 saturated carbocycles. The molecule has 0 bridgehead atoms. The highest BCUT2D eigenvalue weighted by atomic mass is 35.7. The van der Waals surface area contributed by atoms with E-state index in [0.717, 1.165) is 17.5 Å². The van der Waals surface area contributed by atoms with Gasteiger partial charge in [0.1, 0.15) is 6.61 Å². The van der Waals surface area contributed by atoms with Crippen molar-refractivity contribution in [3.8, 4) is 5.75 Å². The fourth-order valence-corrected chi connectivity index (χ4v) is 2.65. The van der Waals surface area contributed by atoms with Gasteiger partial charge in [0.15, 0.2) is 11.6 Å². The summed E-state index contributed by atoms with van der Waals surface area (Å²) < 4.78 is 43.1. The molecule has 0 aliphatic carbocycles. The molecule has 0 N–H and O–H groups in total. The molecule has 21 heavy (non-hydrogen) atoms. The minimum absolute atomic E-state index is 0.0411. The van der Waals surface area contributed by atoms with Gasteiger partial charge in [-0.05, 0) is 38.1 Å². The second-order valence-electron chi connectivity index (χ2n) is 4.41. The first-order valence-electron chi connectivity index (χ1n) is 6.21. The van der Waals surface area contributed by atoms with Gasteiger partial charge in [0.05, 0.1) is 16.3 Å². The molecule has 1 aromatic heterocycles. The summed E-state index contributed by atoms with van der Waals surface area (Å²) in [6.45, 7) is 4.62. The van der Waals surface area contributed by atoms with E-state index < -0.39 is 14.9 Å². The molecule has 2 rings (SSSR count). The Hall–Kier alpha value is -1.60. The highest BCUT2D eigenvalue weighted by Gasteiger charge is 2.14. The van der Waals surface area contributed by atoms with E-state index in [1.807, 2.05) is 19.9 Å². The van der Waals surface area contributed by atoms with Crippen molar-refractivity contribution in [2.45, 2.75) is 31.9 Å². The van der Waals surface area contributed by atoms with Crippen LogP contribution >= 0.6 is 10.7 Å². The number of rotatable bonds is 5. The van der Waals surface area contributed by atoms with Gasteiger partial charge in [-0.1, -0.05) is 0 Å². The number of aryl methyl sites for hydroxylation is 2. The summed E-state index contributed by atoms with van der Waals surface area (Å²) in [7, 11) is 1.20.